The minimum Gasteiger partial charge on any atom is -0.394 e. The van der Waals surface area contributed by atoms with Crippen LogP contribution in [-0.4, -0.2) is 93.1 Å². The Morgan fingerprint density at radius 2 is 1.05 bits per heavy atom. The lowest BCUT2D eigenvalue weighted by atomic mass is 10.1. The Morgan fingerprint density at radius 3 is 1.32 bits per heavy atom. The van der Waals surface area contributed by atoms with Gasteiger partial charge in [0.25, 0.3) is 0 Å². The van der Waals surface area contributed by atoms with Crippen molar-refractivity contribution < 1.29 is 44.8 Å². The lowest BCUT2D eigenvalue weighted by Crippen LogP contribution is -2.40. The van der Waals surface area contributed by atoms with E-state index in [-0.39, 0.29) is 0 Å². The molecule has 2 heterocycles. The van der Waals surface area contributed by atoms with Gasteiger partial charge in [-0.25, -0.2) is 0 Å². The first-order valence-electron chi connectivity index (χ1n) is 5.90. The molecule has 2 rings (SSSR count). The molecule has 112 valence electrons. The summed E-state index contributed by atoms with van der Waals surface area (Å²) < 4.78 is 15.2. The smallest absolute Gasteiger partial charge is 0.189 e. The molecule has 0 spiro atoms. The summed E-state index contributed by atoms with van der Waals surface area (Å²) in [5.74, 6) is 0. The highest BCUT2D eigenvalue weighted by Crippen LogP contribution is 2.28. The first kappa shape index (κ1) is 15.0. The number of hydrogen-bond acceptors (Lipinski definition) is 9. The second-order valence-corrected chi connectivity index (χ2v) is 4.55. The first-order chi connectivity index (χ1) is 8.99. The van der Waals surface area contributed by atoms with Crippen molar-refractivity contribution in [2.45, 2.75) is 49.2 Å². The van der Waals surface area contributed by atoms with Crippen molar-refractivity contribution in [2.24, 2.45) is 0 Å². The molecule has 9 heteroatoms. The highest BCUT2D eigenvalue weighted by Gasteiger charge is 2.49. The van der Waals surface area contributed by atoms with Gasteiger partial charge in [0.05, 0.1) is 13.2 Å². The van der Waals surface area contributed by atoms with Crippen LogP contribution in [0.2, 0.25) is 0 Å². The number of aliphatic hydroxyl groups is 6. The third-order valence-corrected chi connectivity index (χ3v) is 3.27. The maximum Gasteiger partial charge on any atom is 0.189 e. The van der Waals surface area contributed by atoms with E-state index in [1.165, 1.54) is 0 Å². The van der Waals surface area contributed by atoms with E-state index in [2.05, 4.69) is 0 Å². The van der Waals surface area contributed by atoms with Crippen molar-refractivity contribution >= 4 is 0 Å². The second kappa shape index (κ2) is 5.95. The monoisotopic (exact) mass is 282 g/mol. The third-order valence-electron chi connectivity index (χ3n) is 3.27. The lowest BCUT2D eigenvalue weighted by Gasteiger charge is -2.22. The molecule has 0 aromatic heterocycles. The van der Waals surface area contributed by atoms with Gasteiger partial charge in [0, 0.05) is 0 Å². The fourth-order valence-electron chi connectivity index (χ4n) is 2.09. The Labute approximate surface area is 108 Å². The minimum absolute atomic E-state index is 0.506. The molecule has 9 nitrogen and oxygen atoms in total. The molecule has 2 fully saturated rings. The van der Waals surface area contributed by atoms with Gasteiger partial charge in [-0.3, -0.25) is 0 Å². The Balaban J connectivity index is 1.95. The Kier molecular flexibility index (Phi) is 4.71. The van der Waals surface area contributed by atoms with Crippen LogP contribution in [0.5, 0.6) is 0 Å². The number of hydrogen-bond donors (Lipinski definition) is 6. The quantitative estimate of drug-likeness (QED) is 0.302. The largest absolute Gasteiger partial charge is 0.394 e. The van der Waals surface area contributed by atoms with Crippen LogP contribution in [0.25, 0.3) is 0 Å². The average molecular weight is 282 g/mol. The van der Waals surface area contributed by atoms with E-state index in [0.717, 1.165) is 0 Å². The van der Waals surface area contributed by atoms with Crippen molar-refractivity contribution in [1.29, 1.82) is 0 Å². The highest BCUT2D eigenvalue weighted by molar-refractivity contribution is 4.90. The van der Waals surface area contributed by atoms with Crippen LogP contribution >= 0.6 is 0 Å². The van der Waals surface area contributed by atoms with E-state index in [9.17, 15) is 20.4 Å². The molecule has 19 heavy (non-hydrogen) atoms. The molecule has 0 aromatic rings. The zero-order valence-corrected chi connectivity index (χ0v) is 9.94. The molecule has 2 saturated heterocycles. The van der Waals surface area contributed by atoms with Crippen molar-refractivity contribution in [1.82, 2.24) is 0 Å². The number of aliphatic hydroxyl groups excluding tert-OH is 6. The summed E-state index contributed by atoms with van der Waals surface area (Å²) in [6.07, 6.45) is -10.1. The summed E-state index contributed by atoms with van der Waals surface area (Å²) in [6, 6.07) is 0. The summed E-state index contributed by atoms with van der Waals surface area (Å²) >= 11 is 0. The van der Waals surface area contributed by atoms with Crippen LogP contribution in [0.1, 0.15) is 0 Å². The van der Waals surface area contributed by atoms with Crippen molar-refractivity contribution in [2.75, 3.05) is 13.2 Å². The van der Waals surface area contributed by atoms with Crippen LogP contribution in [0.4, 0.5) is 0 Å². The normalized spacial score (nSPS) is 50.8. The van der Waals surface area contributed by atoms with E-state index < -0.39 is 62.4 Å². The van der Waals surface area contributed by atoms with Gasteiger partial charge in [0.15, 0.2) is 12.6 Å². The van der Waals surface area contributed by atoms with Gasteiger partial charge in [-0.2, -0.15) is 0 Å². The zero-order valence-electron chi connectivity index (χ0n) is 9.94. The molecule has 0 aliphatic carbocycles. The molecule has 0 radical (unpaired) electrons. The summed E-state index contributed by atoms with van der Waals surface area (Å²) in [6.45, 7) is -1.01. The van der Waals surface area contributed by atoms with Gasteiger partial charge >= 0.3 is 0 Å². The van der Waals surface area contributed by atoms with Gasteiger partial charge in [-0.15, -0.1) is 0 Å². The molecular formula is C10H18O9. The van der Waals surface area contributed by atoms with Crippen molar-refractivity contribution in [3.63, 3.8) is 0 Å². The molecule has 0 saturated carbocycles. The summed E-state index contributed by atoms with van der Waals surface area (Å²) in [5.41, 5.74) is 0. The van der Waals surface area contributed by atoms with Crippen LogP contribution in [0, 0.1) is 0 Å². The maximum atomic E-state index is 9.63. The molecule has 6 N–H and O–H groups in total. The van der Waals surface area contributed by atoms with E-state index in [1.54, 1.807) is 0 Å². The predicted molar refractivity (Wildman–Crippen MR) is 56.6 cm³/mol. The SMILES string of the molecule is OC[C@H]1O[C@@H](O[C@H]2O[C@H](CO)[C@@H](O)[C@H]2O)[C@H](O)[C@@H]1O. The van der Waals surface area contributed by atoms with Crippen LogP contribution < -0.4 is 0 Å². The van der Waals surface area contributed by atoms with Gasteiger partial charge in [-0.1, -0.05) is 0 Å². The van der Waals surface area contributed by atoms with Gasteiger partial charge < -0.3 is 44.8 Å². The van der Waals surface area contributed by atoms with Crippen molar-refractivity contribution in [3.8, 4) is 0 Å². The topological polar surface area (TPSA) is 149 Å². The zero-order chi connectivity index (χ0) is 14.2. The highest BCUT2D eigenvalue weighted by atomic mass is 16.8. The Morgan fingerprint density at radius 1 is 0.684 bits per heavy atom. The van der Waals surface area contributed by atoms with E-state index >= 15 is 0 Å². The molecule has 0 aromatic carbocycles. The standard InChI is InChI=1S/C10H18O9/c11-1-3-5(13)7(15)9(17-3)19-10-8(16)6(14)4(2-12)18-10/h3-16H,1-2H2/t3-,4-,5-,6-,7-,8-,9-,10+/m1/s1. The molecular weight excluding hydrogens is 264 g/mol. The summed E-state index contributed by atoms with van der Waals surface area (Å²) in [5, 5.41) is 56.1. The average Bonchev–Trinajstić information content (AvgIpc) is 2.83. The number of rotatable bonds is 4. The summed E-state index contributed by atoms with van der Waals surface area (Å²) in [4.78, 5) is 0. The van der Waals surface area contributed by atoms with E-state index in [4.69, 9.17) is 24.4 Å². The van der Waals surface area contributed by atoms with E-state index in [0.29, 0.717) is 0 Å². The van der Waals surface area contributed by atoms with E-state index in [1.807, 2.05) is 0 Å². The number of ether oxygens (including phenoxy) is 3. The first-order valence-corrected chi connectivity index (χ1v) is 5.90. The van der Waals surface area contributed by atoms with Gasteiger partial charge in [0.1, 0.15) is 36.6 Å². The van der Waals surface area contributed by atoms with Gasteiger partial charge in [0.2, 0.25) is 0 Å². The Bertz CT molecular complexity index is 273. The summed E-state index contributed by atoms with van der Waals surface area (Å²) in [7, 11) is 0. The molecule has 0 amide bonds. The molecule has 2 aliphatic heterocycles. The third kappa shape index (κ3) is 2.75. The minimum atomic E-state index is -1.42. The Hall–Kier alpha value is -0.360. The second-order valence-electron chi connectivity index (χ2n) is 4.55. The maximum absolute atomic E-state index is 9.63. The molecule has 2 aliphatic rings. The fraction of sp³-hybridized carbons (Fsp3) is 1.00. The molecule has 0 bridgehead atoms. The molecule has 0 unspecified atom stereocenters. The van der Waals surface area contributed by atoms with Crippen LogP contribution in [-0.2, 0) is 14.2 Å². The van der Waals surface area contributed by atoms with Crippen LogP contribution in [0.3, 0.4) is 0 Å². The lowest BCUT2D eigenvalue weighted by molar-refractivity contribution is -0.269. The van der Waals surface area contributed by atoms with Crippen LogP contribution in [0.15, 0.2) is 0 Å². The predicted octanol–water partition coefficient (Wildman–Crippen LogP) is -4.12. The van der Waals surface area contributed by atoms with Gasteiger partial charge in [-0.05, 0) is 0 Å². The van der Waals surface area contributed by atoms with Crippen molar-refractivity contribution in [3.05, 3.63) is 0 Å². The molecule has 8 atom stereocenters. The fourth-order valence-corrected chi connectivity index (χ4v) is 2.09.